The molecule has 0 radical (unpaired) electrons. The maximum Gasteiger partial charge on any atom is 0.328 e. The van der Waals surface area contributed by atoms with Gasteiger partial charge in [-0.1, -0.05) is 13.8 Å². The van der Waals surface area contributed by atoms with Crippen LogP contribution in [-0.4, -0.2) is 29.9 Å². The van der Waals surface area contributed by atoms with Crippen LogP contribution in [-0.2, 0) is 9.59 Å². The van der Waals surface area contributed by atoms with Gasteiger partial charge in [0.2, 0.25) is 0 Å². The largest absolute Gasteiger partial charge is 0.480 e. The average Bonchev–Trinajstić information content (AvgIpc) is 1.88. The Morgan fingerprint density at radius 1 is 1.36 bits per heavy atom. The summed E-state index contributed by atoms with van der Waals surface area (Å²) in [4.78, 5) is 21.5. The van der Waals surface area contributed by atoms with Crippen LogP contribution in [0.1, 0.15) is 13.8 Å². The SMILES string of the molecule is CNC(C(=O)O)C(=O)C(C)C. The number of rotatable bonds is 4. The van der Waals surface area contributed by atoms with Gasteiger partial charge in [0.05, 0.1) is 0 Å². The van der Waals surface area contributed by atoms with Crippen molar-refractivity contribution >= 4 is 11.8 Å². The number of ketones is 1. The molecule has 0 saturated carbocycles. The van der Waals surface area contributed by atoms with Crippen LogP contribution in [0.4, 0.5) is 0 Å². The quantitative estimate of drug-likeness (QED) is 0.561. The Hall–Kier alpha value is -0.900. The Morgan fingerprint density at radius 2 is 1.82 bits per heavy atom. The molecule has 0 aromatic rings. The summed E-state index contributed by atoms with van der Waals surface area (Å²) in [6.07, 6.45) is 0. The predicted molar refractivity (Wildman–Crippen MR) is 40.3 cm³/mol. The molecule has 11 heavy (non-hydrogen) atoms. The topological polar surface area (TPSA) is 66.4 Å². The molecule has 0 amide bonds. The maximum atomic E-state index is 11.1. The molecule has 1 unspecified atom stereocenters. The molecule has 0 aliphatic rings. The molecule has 0 aromatic heterocycles. The van der Waals surface area contributed by atoms with Crippen LogP contribution in [0.3, 0.4) is 0 Å². The Kier molecular flexibility index (Phi) is 3.74. The fraction of sp³-hybridized carbons (Fsp3) is 0.714. The van der Waals surface area contributed by atoms with Crippen molar-refractivity contribution in [3.8, 4) is 0 Å². The van der Waals surface area contributed by atoms with E-state index in [-0.39, 0.29) is 11.7 Å². The number of Topliss-reactive ketones (excluding diaryl/α,β-unsaturated/α-hetero) is 1. The molecule has 0 spiro atoms. The van der Waals surface area contributed by atoms with Gasteiger partial charge >= 0.3 is 5.97 Å². The molecule has 0 aliphatic carbocycles. The summed E-state index contributed by atoms with van der Waals surface area (Å²) in [5, 5.41) is 10.9. The van der Waals surface area contributed by atoms with Crippen LogP contribution >= 0.6 is 0 Å². The summed E-state index contributed by atoms with van der Waals surface area (Å²) >= 11 is 0. The summed E-state index contributed by atoms with van der Waals surface area (Å²) in [5.74, 6) is -1.66. The van der Waals surface area contributed by atoms with Crippen LogP contribution in [0.2, 0.25) is 0 Å². The predicted octanol–water partition coefficient (Wildman–Crippen LogP) is -0.116. The monoisotopic (exact) mass is 159 g/mol. The van der Waals surface area contributed by atoms with Crippen LogP contribution in [0.5, 0.6) is 0 Å². The number of aliphatic carboxylic acids is 1. The van der Waals surface area contributed by atoms with E-state index in [1.54, 1.807) is 13.8 Å². The van der Waals surface area contributed by atoms with Gasteiger partial charge in [0.25, 0.3) is 0 Å². The van der Waals surface area contributed by atoms with Gasteiger partial charge in [0.1, 0.15) is 0 Å². The molecule has 0 rings (SSSR count). The third kappa shape index (κ3) is 2.67. The number of carboxylic acid groups (broad SMARTS) is 1. The Labute approximate surface area is 65.6 Å². The molecule has 0 saturated heterocycles. The number of hydrogen-bond donors (Lipinski definition) is 2. The molecular formula is C7H13NO3. The maximum absolute atomic E-state index is 11.1. The van der Waals surface area contributed by atoms with E-state index in [1.165, 1.54) is 7.05 Å². The standard InChI is InChI=1S/C7H13NO3/c1-4(2)6(9)5(8-3)7(10)11/h4-5,8H,1-3H3,(H,10,11). The molecular weight excluding hydrogens is 146 g/mol. The summed E-state index contributed by atoms with van der Waals surface area (Å²) in [5.41, 5.74) is 0. The molecule has 0 bridgehead atoms. The fourth-order valence-electron chi connectivity index (χ4n) is 0.721. The average molecular weight is 159 g/mol. The highest BCUT2D eigenvalue weighted by atomic mass is 16.4. The highest BCUT2D eigenvalue weighted by molar-refractivity contribution is 6.03. The number of carboxylic acids is 1. The second-order valence-electron chi connectivity index (χ2n) is 2.62. The number of nitrogens with one attached hydrogen (secondary N) is 1. The first-order valence-corrected chi connectivity index (χ1v) is 3.44. The van der Waals surface area contributed by atoms with Crippen molar-refractivity contribution in [3.05, 3.63) is 0 Å². The minimum Gasteiger partial charge on any atom is -0.480 e. The molecule has 2 N–H and O–H groups in total. The van der Waals surface area contributed by atoms with E-state index in [0.717, 1.165) is 0 Å². The van der Waals surface area contributed by atoms with Gasteiger partial charge < -0.3 is 10.4 Å². The lowest BCUT2D eigenvalue weighted by Crippen LogP contribution is -2.43. The minimum absolute atomic E-state index is 0.247. The molecule has 0 fully saturated rings. The third-order valence-electron chi connectivity index (χ3n) is 1.39. The molecule has 0 aromatic carbocycles. The van der Waals surface area contributed by atoms with Crippen molar-refractivity contribution in [1.82, 2.24) is 5.32 Å². The molecule has 64 valence electrons. The number of carbonyl (C=O) groups is 2. The lowest BCUT2D eigenvalue weighted by molar-refractivity contribution is -0.144. The zero-order valence-electron chi connectivity index (χ0n) is 6.92. The number of carbonyl (C=O) groups excluding carboxylic acids is 1. The van der Waals surface area contributed by atoms with Gasteiger partial charge in [-0.05, 0) is 7.05 Å². The summed E-state index contributed by atoms with van der Waals surface area (Å²) in [6.45, 7) is 3.35. The van der Waals surface area contributed by atoms with E-state index < -0.39 is 12.0 Å². The zero-order valence-corrected chi connectivity index (χ0v) is 6.92. The lowest BCUT2D eigenvalue weighted by Gasteiger charge is -2.11. The first-order chi connectivity index (χ1) is 5.00. The normalized spacial score (nSPS) is 13.1. The summed E-state index contributed by atoms with van der Waals surface area (Å²) < 4.78 is 0. The minimum atomic E-state index is -1.12. The second kappa shape index (κ2) is 4.08. The van der Waals surface area contributed by atoms with E-state index in [9.17, 15) is 9.59 Å². The van der Waals surface area contributed by atoms with Crippen molar-refractivity contribution < 1.29 is 14.7 Å². The third-order valence-corrected chi connectivity index (χ3v) is 1.39. The van der Waals surface area contributed by atoms with Crippen LogP contribution in [0.25, 0.3) is 0 Å². The highest BCUT2D eigenvalue weighted by Crippen LogP contribution is 1.99. The zero-order chi connectivity index (χ0) is 9.02. The highest BCUT2D eigenvalue weighted by Gasteiger charge is 2.25. The van der Waals surface area contributed by atoms with Crippen molar-refractivity contribution in [2.75, 3.05) is 7.05 Å². The first-order valence-electron chi connectivity index (χ1n) is 3.44. The van der Waals surface area contributed by atoms with Gasteiger partial charge in [-0.3, -0.25) is 9.59 Å². The smallest absolute Gasteiger partial charge is 0.328 e. The van der Waals surface area contributed by atoms with Gasteiger partial charge in [0, 0.05) is 5.92 Å². The molecule has 0 aliphatic heterocycles. The van der Waals surface area contributed by atoms with E-state index in [4.69, 9.17) is 5.11 Å². The van der Waals surface area contributed by atoms with Crippen LogP contribution in [0, 0.1) is 5.92 Å². The van der Waals surface area contributed by atoms with Crippen LogP contribution < -0.4 is 5.32 Å². The summed E-state index contributed by atoms with van der Waals surface area (Å²) in [7, 11) is 1.46. The lowest BCUT2D eigenvalue weighted by atomic mass is 10.0. The van der Waals surface area contributed by atoms with Gasteiger partial charge in [0.15, 0.2) is 11.8 Å². The van der Waals surface area contributed by atoms with E-state index in [1.807, 2.05) is 0 Å². The summed E-state index contributed by atoms with van der Waals surface area (Å²) in [6, 6.07) is -1.06. The van der Waals surface area contributed by atoms with Gasteiger partial charge in [-0.15, -0.1) is 0 Å². The van der Waals surface area contributed by atoms with Crippen molar-refractivity contribution in [2.45, 2.75) is 19.9 Å². The molecule has 4 heteroatoms. The molecule has 1 atom stereocenters. The van der Waals surface area contributed by atoms with E-state index >= 15 is 0 Å². The second-order valence-corrected chi connectivity index (χ2v) is 2.62. The fourth-order valence-corrected chi connectivity index (χ4v) is 0.721. The first kappa shape index (κ1) is 10.1. The van der Waals surface area contributed by atoms with E-state index in [2.05, 4.69) is 5.32 Å². The van der Waals surface area contributed by atoms with Crippen molar-refractivity contribution in [1.29, 1.82) is 0 Å². The molecule has 4 nitrogen and oxygen atoms in total. The number of hydrogen-bond acceptors (Lipinski definition) is 3. The van der Waals surface area contributed by atoms with Crippen molar-refractivity contribution in [3.63, 3.8) is 0 Å². The van der Waals surface area contributed by atoms with Crippen molar-refractivity contribution in [2.24, 2.45) is 5.92 Å². The number of likely N-dealkylation sites (N-methyl/N-ethyl adjacent to an activating group) is 1. The van der Waals surface area contributed by atoms with E-state index in [0.29, 0.717) is 0 Å². The Morgan fingerprint density at radius 3 is 1.91 bits per heavy atom. The van der Waals surface area contributed by atoms with Gasteiger partial charge in [-0.2, -0.15) is 0 Å². The Bertz CT molecular complexity index is 165. The van der Waals surface area contributed by atoms with Crippen LogP contribution in [0.15, 0.2) is 0 Å². The molecule has 0 heterocycles. The Balaban J connectivity index is 4.27. The van der Waals surface area contributed by atoms with Gasteiger partial charge in [-0.25, -0.2) is 0 Å².